The maximum atomic E-state index is 13.1. The number of aromatic hydroxyl groups is 1. The predicted molar refractivity (Wildman–Crippen MR) is 56.7 cm³/mol. The summed E-state index contributed by atoms with van der Waals surface area (Å²) < 4.78 is 18.4. The molecule has 1 aromatic carbocycles. The molecule has 1 N–H and O–H groups in total. The summed E-state index contributed by atoms with van der Waals surface area (Å²) in [5.41, 5.74) is 0.448. The number of benzene rings is 1. The van der Waals surface area contributed by atoms with Gasteiger partial charge in [-0.05, 0) is 13.0 Å². The van der Waals surface area contributed by atoms with E-state index < -0.39 is 11.6 Å². The number of ketones is 1. The molecular formula is C10H10BrFO3. The van der Waals surface area contributed by atoms with E-state index in [0.717, 1.165) is 6.07 Å². The zero-order valence-electron chi connectivity index (χ0n) is 8.30. The molecule has 0 amide bonds. The summed E-state index contributed by atoms with van der Waals surface area (Å²) >= 11 is 3.12. The van der Waals surface area contributed by atoms with Crippen molar-refractivity contribution in [3.63, 3.8) is 0 Å². The van der Waals surface area contributed by atoms with E-state index in [-0.39, 0.29) is 18.0 Å². The van der Waals surface area contributed by atoms with E-state index in [9.17, 15) is 14.3 Å². The van der Waals surface area contributed by atoms with Gasteiger partial charge < -0.3 is 9.84 Å². The van der Waals surface area contributed by atoms with Crippen LogP contribution in [0.4, 0.5) is 4.39 Å². The van der Waals surface area contributed by atoms with Crippen molar-refractivity contribution in [2.45, 2.75) is 13.3 Å². The molecule has 0 saturated carbocycles. The van der Waals surface area contributed by atoms with E-state index in [4.69, 9.17) is 4.74 Å². The van der Waals surface area contributed by atoms with Gasteiger partial charge in [0, 0.05) is 16.5 Å². The summed E-state index contributed by atoms with van der Waals surface area (Å²) in [7, 11) is 1.31. The number of halogens is 2. The summed E-state index contributed by atoms with van der Waals surface area (Å²) in [6, 6.07) is 1.11. The Labute approximate surface area is 95.0 Å². The normalized spacial score (nSPS) is 10.1. The summed E-state index contributed by atoms with van der Waals surface area (Å²) in [5.74, 6) is -1.46. The monoisotopic (exact) mass is 276 g/mol. The second kappa shape index (κ2) is 4.61. The second-order valence-corrected chi connectivity index (χ2v) is 3.93. The topological polar surface area (TPSA) is 46.5 Å². The van der Waals surface area contributed by atoms with Crippen LogP contribution in [0.1, 0.15) is 12.5 Å². The number of carbonyl (C=O) groups is 1. The largest absolute Gasteiger partial charge is 0.502 e. The first-order valence-electron chi connectivity index (χ1n) is 4.20. The first kappa shape index (κ1) is 12.0. The van der Waals surface area contributed by atoms with Crippen LogP contribution in [0.15, 0.2) is 10.5 Å². The Bertz CT molecular complexity index is 404. The molecule has 1 rings (SSSR count). The average Bonchev–Trinajstić information content (AvgIpc) is 2.14. The van der Waals surface area contributed by atoms with Gasteiger partial charge >= 0.3 is 0 Å². The van der Waals surface area contributed by atoms with Crippen molar-refractivity contribution in [3.8, 4) is 11.5 Å². The molecule has 0 fully saturated rings. The Hall–Kier alpha value is -1.10. The lowest BCUT2D eigenvalue weighted by molar-refractivity contribution is -0.116. The van der Waals surface area contributed by atoms with Crippen molar-refractivity contribution in [3.05, 3.63) is 21.9 Å². The second-order valence-electron chi connectivity index (χ2n) is 3.08. The molecule has 0 radical (unpaired) electrons. The van der Waals surface area contributed by atoms with E-state index in [1.807, 2.05) is 0 Å². The zero-order valence-corrected chi connectivity index (χ0v) is 9.89. The van der Waals surface area contributed by atoms with E-state index in [1.54, 1.807) is 0 Å². The van der Waals surface area contributed by atoms with Crippen LogP contribution in [0, 0.1) is 5.82 Å². The zero-order chi connectivity index (χ0) is 11.6. The van der Waals surface area contributed by atoms with Crippen LogP contribution in [-0.4, -0.2) is 18.0 Å². The number of hydrogen-bond acceptors (Lipinski definition) is 3. The third kappa shape index (κ3) is 2.47. The van der Waals surface area contributed by atoms with Crippen LogP contribution in [-0.2, 0) is 11.2 Å². The van der Waals surface area contributed by atoms with E-state index in [1.165, 1.54) is 14.0 Å². The molecule has 0 aromatic heterocycles. The number of phenolic OH excluding ortho intramolecular Hbond substituents is 1. The highest BCUT2D eigenvalue weighted by molar-refractivity contribution is 9.10. The summed E-state index contributed by atoms with van der Waals surface area (Å²) in [6.07, 6.45) is 0.0809. The first-order chi connectivity index (χ1) is 6.97. The van der Waals surface area contributed by atoms with E-state index in [0.29, 0.717) is 10.0 Å². The summed E-state index contributed by atoms with van der Waals surface area (Å²) in [5, 5.41) is 9.38. The minimum Gasteiger partial charge on any atom is -0.502 e. The molecule has 82 valence electrons. The Morgan fingerprint density at radius 3 is 2.73 bits per heavy atom. The number of methoxy groups -OCH3 is 1. The molecule has 0 unspecified atom stereocenters. The third-order valence-corrected chi connectivity index (χ3v) is 2.59. The van der Waals surface area contributed by atoms with E-state index >= 15 is 0 Å². The highest BCUT2D eigenvalue weighted by Crippen LogP contribution is 2.38. The average molecular weight is 277 g/mol. The number of carbonyl (C=O) groups excluding carboxylic acids is 1. The molecular weight excluding hydrogens is 267 g/mol. The minimum absolute atomic E-state index is 0.00271. The van der Waals surface area contributed by atoms with Gasteiger partial charge in [0.25, 0.3) is 0 Å². The molecule has 15 heavy (non-hydrogen) atoms. The molecule has 0 aliphatic heterocycles. The Morgan fingerprint density at radius 2 is 2.27 bits per heavy atom. The van der Waals surface area contributed by atoms with Crippen molar-refractivity contribution in [2.75, 3.05) is 7.11 Å². The third-order valence-electron chi connectivity index (χ3n) is 1.89. The molecule has 0 heterocycles. The molecule has 0 aliphatic carbocycles. The van der Waals surface area contributed by atoms with E-state index in [2.05, 4.69) is 15.9 Å². The van der Waals surface area contributed by atoms with Gasteiger partial charge in [0.05, 0.1) is 7.11 Å². The van der Waals surface area contributed by atoms with Crippen molar-refractivity contribution >= 4 is 21.7 Å². The Balaban J connectivity index is 3.35. The van der Waals surface area contributed by atoms with Crippen molar-refractivity contribution in [1.29, 1.82) is 0 Å². The van der Waals surface area contributed by atoms with Gasteiger partial charge in [0.2, 0.25) is 0 Å². The highest BCUT2D eigenvalue weighted by Gasteiger charge is 2.18. The fourth-order valence-electron chi connectivity index (χ4n) is 1.26. The number of phenols is 1. The quantitative estimate of drug-likeness (QED) is 0.923. The first-order valence-corrected chi connectivity index (χ1v) is 5.00. The number of hydrogen-bond donors (Lipinski definition) is 1. The Morgan fingerprint density at radius 1 is 1.67 bits per heavy atom. The molecule has 5 heteroatoms. The molecule has 0 bridgehead atoms. The minimum atomic E-state index is -0.786. The van der Waals surface area contributed by atoms with Gasteiger partial charge in [-0.1, -0.05) is 15.9 Å². The van der Waals surface area contributed by atoms with Crippen LogP contribution in [0.2, 0.25) is 0 Å². The van der Waals surface area contributed by atoms with Crippen LogP contribution in [0.3, 0.4) is 0 Å². The molecule has 3 nitrogen and oxygen atoms in total. The lowest BCUT2D eigenvalue weighted by atomic mass is 10.1. The van der Waals surface area contributed by atoms with Crippen LogP contribution in [0.25, 0.3) is 0 Å². The van der Waals surface area contributed by atoms with Gasteiger partial charge in [-0.3, -0.25) is 4.79 Å². The molecule has 0 spiro atoms. The molecule has 1 aromatic rings. The summed E-state index contributed by atoms with van der Waals surface area (Å²) in [6.45, 7) is 1.41. The van der Waals surface area contributed by atoms with Crippen molar-refractivity contribution < 1.29 is 19.0 Å². The van der Waals surface area contributed by atoms with Gasteiger partial charge in [-0.2, -0.15) is 0 Å². The highest BCUT2D eigenvalue weighted by atomic mass is 79.9. The lowest BCUT2D eigenvalue weighted by Crippen LogP contribution is -2.02. The number of rotatable bonds is 3. The lowest BCUT2D eigenvalue weighted by Gasteiger charge is -2.11. The molecule has 0 atom stereocenters. The van der Waals surface area contributed by atoms with Crippen molar-refractivity contribution in [2.24, 2.45) is 0 Å². The SMILES string of the molecule is COc1c(O)c(F)cc(Br)c1CC(C)=O. The van der Waals surface area contributed by atoms with Crippen molar-refractivity contribution in [1.82, 2.24) is 0 Å². The number of ether oxygens (including phenoxy) is 1. The standard InChI is InChI=1S/C10H10BrFO3/c1-5(13)3-6-7(11)4-8(12)9(14)10(6)15-2/h4,14H,3H2,1-2H3. The Kier molecular flexibility index (Phi) is 3.68. The molecule has 0 saturated heterocycles. The summed E-state index contributed by atoms with van der Waals surface area (Å²) in [4.78, 5) is 11.0. The van der Waals surface area contributed by atoms with Gasteiger partial charge in [-0.15, -0.1) is 0 Å². The van der Waals surface area contributed by atoms with Crippen LogP contribution >= 0.6 is 15.9 Å². The maximum absolute atomic E-state index is 13.1. The molecule has 0 aliphatic rings. The van der Waals surface area contributed by atoms with Gasteiger partial charge in [0.1, 0.15) is 5.78 Å². The van der Waals surface area contributed by atoms with Crippen LogP contribution in [0.5, 0.6) is 11.5 Å². The fourth-order valence-corrected chi connectivity index (χ4v) is 1.78. The van der Waals surface area contributed by atoms with Crippen LogP contribution < -0.4 is 4.74 Å². The van der Waals surface area contributed by atoms with Gasteiger partial charge in [0.15, 0.2) is 17.3 Å². The smallest absolute Gasteiger partial charge is 0.194 e. The predicted octanol–water partition coefficient (Wildman–Crippen LogP) is 2.43. The maximum Gasteiger partial charge on any atom is 0.194 e. The van der Waals surface area contributed by atoms with Gasteiger partial charge in [-0.25, -0.2) is 4.39 Å². The fraction of sp³-hybridized carbons (Fsp3) is 0.300. The number of Topliss-reactive ketones (excluding diaryl/α,β-unsaturated/α-hetero) is 1.